The van der Waals surface area contributed by atoms with E-state index in [1.54, 1.807) is 0 Å². The molecule has 1 heterocycles. The molecule has 104 valence electrons. The molecule has 0 radical (unpaired) electrons. The number of imidazole rings is 1. The van der Waals surface area contributed by atoms with Crippen molar-refractivity contribution in [3.8, 4) is 0 Å². The van der Waals surface area contributed by atoms with Crippen LogP contribution in [0.2, 0.25) is 0 Å². The van der Waals surface area contributed by atoms with Gasteiger partial charge in [0.1, 0.15) is 0 Å². The topological polar surface area (TPSA) is 60.9 Å². The zero-order valence-corrected chi connectivity index (χ0v) is 11.7. The van der Waals surface area contributed by atoms with Gasteiger partial charge in [0.25, 0.3) is 0 Å². The Hall–Kier alpha value is -1.55. The molecule has 4 heteroatoms. The number of aliphatic hydroxyl groups is 1. The first kappa shape index (κ1) is 13.9. The molecule has 0 aliphatic heterocycles. The van der Waals surface area contributed by atoms with Crippen molar-refractivity contribution in [2.24, 2.45) is 0 Å². The van der Waals surface area contributed by atoms with E-state index in [0.717, 1.165) is 42.7 Å². The minimum Gasteiger partial charge on any atom is -0.388 e. The molecule has 1 aromatic heterocycles. The largest absolute Gasteiger partial charge is 0.388 e. The van der Waals surface area contributed by atoms with E-state index >= 15 is 0 Å². The van der Waals surface area contributed by atoms with Crippen LogP contribution in [-0.2, 0) is 0 Å². The number of nitrogens with zero attached hydrogens (tertiary/aromatic N) is 1. The number of rotatable bonds is 7. The van der Waals surface area contributed by atoms with E-state index in [0.29, 0.717) is 6.54 Å². The molecule has 0 saturated heterocycles. The quantitative estimate of drug-likeness (QED) is 0.716. The third-order valence-corrected chi connectivity index (χ3v) is 3.40. The maximum Gasteiger partial charge on any atom is 0.201 e. The van der Waals surface area contributed by atoms with Crippen LogP contribution in [0.15, 0.2) is 24.3 Å². The van der Waals surface area contributed by atoms with Crippen molar-refractivity contribution in [1.82, 2.24) is 9.97 Å². The fourth-order valence-corrected chi connectivity index (χ4v) is 2.52. The van der Waals surface area contributed by atoms with E-state index < -0.39 is 5.60 Å². The molecule has 0 unspecified atom stereocenters. The third-order valence-electron chi connectivity index (χ3n) is 3.40. The Morgan fingerprint density at radius 1 is 1.21 bits per heavy atom. The lowest BCUT2D eigenvalue weighted by Gasteiger charge is -2.27. The zero-order chi connectivity index (χ0) is 13.7. The summed E-state index contributed by atoms with van der Waals surface area (Å²) in [4.78, 5) is 7.68. The number of H-pyrrole nitrogens is 1. The molecule has 4 nitrogen and oxygen atoms in total. The molecule has 1 aromatic carbocycles. The van der Waals surface area contributed by atoms with Gasteiger partial charge in [-0.2, -0.15) is 0 Å². The first-order chi connectivity index (χ1) is 9.17. The standard InChI is InChI=1S/C15H23N3O/c1-3-9-15(19,10-4-2)11-16-14-17-12-7-5-6-8-13(12)18-14/h5-8,19H,3-4,9-11H2,1-2H3,(H2,16,17,18). The fourth-order valence-electron chi connectivity index (χ4n) is 2.52. The number of hydrogen-bond donors (Lipinski definition) is 3. The average molecular weight is 261 g/mol. The molecule has 3 N–H and O–H groups in total. The Bertz CT molecular complexity index is 482. The number of aromatic nitrogens is 2. The van der Waals surface area contributed by atoms with Crippen LogP contribution in [0.1, 0.15) is 39.5 Å². The Balaban J connectivity index is 2.03. The molecule has 0 aliphatic carbocycles. The Morgan fingerprint density at radius 3 is 2.53 bits per heavy atom. The van der Waals surface area contributed by atoms with Crippen LogP contribution < -0.4 is 5.32 Å². The minimum atomic E-state index is -0.636. The average Bonchev–Trinajstić information content (AvgIpc) is 2.80. The SMILES string of the molecule is CCCC(O)(CCC)CNc1nc2ccccc2[nH]1. The van der Waals surface area contributed by atoms with Gasteiger partial charge in [-0.05, 0) is 25.0 Å². The highest BCUT2D eigenvalue weighted by atomic mass is 16.3. The second kappa shape index (κ2) is 6.06. The van der Waals surface area contributed by atoms with Gasteiger partial charge in [0.15, 0.2) is 0 Å². The summed E-state index contributed by atoms with van der Waals surface area (Å²) < 4.78 is 0. The van der Waals surface area contributed by atoms with Crippen molar-refractivity contribution in [2.75, 3.05) is 11.9 Å². The van der Waals surface area contributed by atoms with E-state index in [4.69, 9.17) is 0 Å². The monoisotopic (exact) mass is 261 g/mol. The molecule has 0 aliphatic rings. The van der Waals surface area contributed by atoms with Crippen LogP contribution >= 0.6 is 0 Å². The number of fused-ring (bicyclic) bond motifs is 1. The van der Waals surface area contributed by atoms with E-state index in [9.17, 15) is 5.11 Å². The number of benzene rings is 1. The molecule has 0 saturated carbocycles. The first-order valence-electron chi connectivity index (χ1n) is 7.08. The predicted molar refractivity (Wildman–Crippen MR) is 79.3 cm³/mol. The fraction of sp³-hybridized carbons (Fsp3) is 0.533. The molecular formula is C15H23N3O. The third kappa shape index (κ3) is 3.47. The van der Waals surface area contributed by atoms with Gasteiger partial charge >= 0.3 is 0 Å². The van der Waals surface area contributed by atoms with Crippen LogP contribution in [-0.4, -0.2) is 27.2 Å². The molecule has 2 rings (SSSR count). The molecule has 19 heavy (non-hydrogen) atoms. The van der Waals surface area contributed by atoms with Crippen molar-refractivity contribution in [3.05, 3.63) is 24.3 Å². The number of para-hydroxylation sites is 2. The minimum absolute atomic E-state index is 0.536. The molecule has 0 amide bonds. The van der Waals surface area contributed by atoms with Crippen LogP contribution in [0, 0.1) is 0 Å². The number of aromatic amines is 1. The van der Waals surface area contributed by atoms with Crippen LogP contribution in [0.25, 0.3) is 11.0 Å². The van der Waals surface area contributed by atoms with Gasteiger partial charge in [-0.3, -0.25) is 0 Å². The van der Waals surface area contributed by atoms with Gasteiger partial charge in [-0.15, -0.1) is 0 Å². The molecule has 0 bridgehead atoms. The Labute approximate surface area is 114 Å². The van der Waals surface area contributed by atoms with Gasteiger partial charge in [-0.1, -0.05) is 38.8 Å². The van der Waals surface area contributed by atoms with E-state index in [-0.39, 0.29) is 0 Å². The van der Waals surface area contributed by atoms with Gasteiger partial charge in [0.05, 0.1) is 16.6 Å². The summed E-state index contributed by atoms with van der Waals surface area (Å²) in [5.74, 6) is 0.729. The van der Waals surface area contributed by atoms with Gasteiger partial charge in [-0.25, -0.2) is 4.98 Å². The second-order valence-corrected chi connectivity index (χ2v) is 5.18. The molecule has 0 fully saturated rings. The van der Waals surface area contributed by atoms with Crippen molar-refractivity contribution >= 4 is 17.0 Å². The van der Waals surface area contributed by atoms with E-state index in [1.807, 2.05) is 24.3 Å². The number of anilines is 1. The van der Waals surface area contributed by atoms with E-state index in [1.165, 1.54) is 0 Å². The summed E-state index contributed by atoms with van der Waals surface area (Å²) in [7, 11) is 0. The lowest BCUT2D eigenvalue weighted by Crippen LogP contribution is -2.36. The summed E-state index contributed by atoms with van der Waals surface area (Å²) in [6, 6.07) is 7.92. The summed E-state index contributed by atoms with van der Waals surface area (Å²) in [6.45, 7) is 4.73. The molecule has 0 spiro atoms. The summed E-state index contributed by atoms with van der Waals surface area (Å²) in [5, 5.41) is 13.8. The molecule has 0 atom stereocenters. The number of nitrogens with one attached hydrogen (secondary N) is 2. The van der Waals surface area contributed by atoms with Crippen molar-refractivity contribution in [2.45, 2.75) is 45.1 Å². The maximum atomic E-state index is 10.5. The zero-order valence-electron chi connectivity index (χ0n) is 11.7. The number of hydrogen-bond acceptors (Lipinski definition) is 3. The Morgan fingerprint density at radius 2 is 1.89 bits per heavy atom. The smallest absolute Gasteiger partial charge is 0.201 e. The van der Waals surface area contributed by atoms with Gasteiger partial charge in [0, 0.05) is 6.54 Å². The van der Waals surface area contributed by atoms with Crippen LogP contribution in [0.4, 0.5) is 5.95 Å². The molecule has 2 aromatic rings. The van der Waals surface area contributed by atoms with Crippen LogP contribution in [0.5, 0.6) is 0 Å². The van der Waals surface area contributed by atoms with Crippen molar-refractivity contribution < 1.29 is 5.11 Å². The Kier molecular flexibility index (Phi) is 4.43. The summed E-state index contributed by atoms with van der Waals surface area (Å²) in [6.07, 6.45) is 3.60. The maximum absolute atomic E-state index is 10.5. The predicted octanol–water partition coefficient (Wildman–Crippen LogP) is 3.31. The normalized spacial score (nSPS) is 11.9. The highest BCUT2D eigenvalue weighted by molar-refractivity contribution is 5.77. The van der Waals surface area contributed by atoms with Gasteiger partial charge < -0.3 is 15.4 Å². The lowest BCUT2D eigenvalue weighted by atomic mass is 9.93. The van der Waals surface area contributed by atoms with Crippen molar-refractivity contribution in [3.63, 3.8) is 0 Å². The van der Waals surface area contributed by atoms with Crippen molar-refractivity contribution in [1.29, 1.82) is 0 Å². The highest BCUT2D eigenvalue weighted by Crippen LogP contribution is 2.21. The summed E-state index contributed by atoms with van der Waals surface area (Å²) in [5.41, 5.74) is 1.32. The van der Waals surface area contributed by atoms with E-state index in [2.05, 4.69) is 29.1 Å². The van der Waals surface area contributed by atoms with Gasteiger partial charge in [0.2, 0.25) is 5.95 Å². The van der Waals surface area contributed by atoms with Crippen LogP contribution in [0.3, 0.4) is 0 Å². The lowest BCUT2D eigenvalue weighted by molar-refractivity contribution is 0.0342. The molecular weight excluding hydrogens is 238 g/mol. The second-order valence-electron chi connectivity index (χ2n) is 5.18. The highest BCUT2D eigenvalue weighted by Gasteiger charge is 2.24. The summed E-state index contributed by atoms with van der Waals surface area (Å²) >= 11 is 0. The first-order valence-corrected chi connectivity index (χ1v) is 7.08.